The largest absolute Gasteiger partial charge is 0.364 e. The smallest absolute Gasteiger partial charge is 0.285 e. The third kappa shape index (κ3) is 1.23. The van der Waals surface area contributed by atoms with Crippen molar-refractivity contribution in [1.29, 1.82) is 0 Å². The summed E-state index contributed by atoms with van der Waals surface area (Å²) < 4.78 is 5.13. The van der Waals surface area contributed by atoms with Crippen LogP contribution in [0.5, 0.6) is 0 Å². The van der Waals surface area contributed by atoms with Gasteiger partial charge in [0.25, 0.3) is 5.69 Å². The molecule has 1 aromatic carbocycles. The summed E-state index contributed by atoms with van der Waals surface area (Å²) in [4.78, 5) is 10.7. The number of hydrogen-bond donors (Lipinski definition) is 1. The van der Waals surface area contributed by atoms with Crippen LogP contribution in [0.25, 0.3) is 11.0 Å². The first-order valence-electron chi connectivity index (χ1n) is 4.73. The summed E-state index contributed by atoms with van der Waals surface area (Å²) >= 11 is 0. The van der Waals surface area contributed by atoms with E-state index in [0.717, 1.165) is 0 Å². The van der Waals surface area contributed by atoms with Crippen molar-refractivity contribution in [3.8, 4) is 0 Å². The number of nitrogens with one attached hydrogen (secondary N) is 1. The third-order valence-electron chi connectivity index (χ3n) is 2.51. The molecule has 0 saturated carbocycles. The Morgan fingerprint density at radius 2 is 2.25 bits per heavy atom. The van der Waals surface area contributed by atoms with Gasteiger partial charge in [-0.15, -0.1) is 10.4 Å². The van der Waals surface area contributed by atoms with Gasteiger partial charge in [-0.05, 0) is 12.1 Å². The first-order chi connectivity index (χ1) is 7.77. The molecule has 0 unspecified atom stereocenters. The maximum Gasteiger partial charge on any atom is 0.285 e. The van der Waals surface area contributed by atoms with Gasteiger partial charge in [0.2, 0.25) is 0 Å². The summed E-state index contributed by atoms with van der Waals surface area (Å²) in [7, 11) is 0. The number of rotatable bonds is 1. The van der Waals surface area contributed by atoms with Crippen LogP contribution in [-0.4, -0.2) is 15.3 Å². The second kappa shape index (κ2) is 3.06. The molecule has 0 aliphatic heterocycles. The maximum absolute atomic E-state index is 11.0. The predicted molar refractivity (Wildman–Crippen MR) is 55.4 cm³/mol. The molecule has 1 N–H and O–H groups in total. The Hall–Kier alpha value is -2.37. The lowest BCUT2D eigenvalue weighted by Crippen LogP contribution is -1.89. The average Bonchev–Trinajstić information content (AvgIpc) is 2.97. The Kier molecular flexibility index (Phi) is 1.70. The van der Waals surface area contributed by atoms with Crippen molar-refractivity contribution in [3.63, 3.8) is 0 Å². The molecule has 0 amide bonds. The lowest BCUT2D eigenvalue weighted by atomic mass is 10.2. The molecule has 6 nitrogen and oxygen atoms in total. The number of benzene rings is 1. The van der Waals surface area contributed by atoms with E-state index in [1.54, 1.807) is 24.3 Å². The number of para-hydroxylation sites is 1. The zero-order chi connectivity index (χ0) is 11.1. The van der Waals surface area contributed by atoms with Crippen LogP contribution in [0.2, 0.25) is 0 Å². The van der Waals surface area contributed by atoms with Gasteiger partial charge in [0.05, 0.1) is 21.6 Å². The zero-order valence-corrected chi connectivity index (χ0v) is 8.14. The van der Waals surface area contributed by atoms with Crippen molar-refractivity contribution in [3.05, 3.63) is 45.6 Å². The Bertz CT molecular complexity index is 640. The molecule has 3 rings (SSSR count). The SMILES string of the molecule is O=[N+]([O-])c1c2c(n[nH]oc3ccccc13)C2. The Balaban J connectivity index is 2.51. The summed E-state index contributed by atoms with van der Waals surface area (Å²) in [5, 5.41) is 17.8. The molecule has 0 bridgehead atoms. The fourth-order valence-corrected chi connectivity index (χ4v) is 1.70. The molecule has 1 aliphatic carbocycles. The fraction of sp³-hybridized carbons (Fsp3) is 0.100. The molecule has 0 atom stereocenters. The predicted octanol–water partition coefficient (Wildman–Crippen LogP) is 2.09. The number of nitrogens with zero attached hydrogens (tertiary/aromatic N) is 2. The summed E-state index contributed by atoms with van der Waals surface area (Å²) in [5.41, 5.74) is 1.86. The van der Waals surface area contributed by atoms with Crippen LogP contribution in [-0.2, 0) is 6.42 Å². The van der Waals surface area contributed by atoms with E-state index in [1.807, 2.05) is 0 Å². The summed E-state index contributed by atoms with van der Waals surface area (Å²) in [5.74, 6) is 0. The number of nitro groups is 1. The van der Waals surface area contributed by atoms with Gasteiger partial charge in [-0.2, -0.15) is 0 Å². The monoisotopic (exact) mass is 217 g/mol. The zero-order valence-electron chi connectivity index (χ0n) is 8.14. The van der Waals surface area contributed by atoms with Crippen molar-refractivity contribution in [1.82, 2.24) is 10.4 Å². The average molecular weight is 217 g/mol. The van der Waals surface area contributed by atoms with E-state index in [0.29, 0.717) is 28.6 Å². The molecule has 0 radical (unpaired) electrons. The molecule has 1 heterocycles. The highest BCUT2D eigenvalue weighted by Gasteiger charge is 2.31. The first-order valence-corrected chi connectivity index (χ1v) is 4.73. The highest BCUT2D eigenvalue weighted by molar-refractivity contribution is 5.88. The number of H-pyrrole nitrogens is 1. The molecule has 80 valence electrons. The van der Waals surface area contributed by atoms with E-state index < -0.39 is 0 Å². The van der Waals surface area contributed by atoms with Crippen molar-refractivity contribution in [2.75, 3.05) is 0 Å². The fourth-order valence-electron chi connectivity index (χ4n) is 1.70. The first kappa shape index (κ1) is 8.90. The van der Waals surface area contributed by atoms with Crippen molar-refractivity contribution < 1.29 is 9.45 Å². The molecule has 0 fully saturated rings. The van der Waals surface area contributed by atoms with Gasteiger partial charge in [-0.3, -0.25) is 10.1 Å². The van der Waals surface area contributed by atoms with Crippen molar-refractivity contribution in [2.45, 2.75) is 6.42 Å². The Morgan fingerprint density at radius 1 is 1.44 bits per heavy atom. The van der Waals surface area contributed by atoms with Crippen LogP contribution in [0.4, 0.5) is 5.69 Å². The van der Waals surface area contributed by atoms with Gasteiger partial charge in [0.1, 0.15) is 0 Å². The quantitative estimate of drug-likeness (QED) is 0.499. The standard InChI is InChI=1S/C10H7N3O3/c14-13(15)10-6-3-1-2-4-9(6)16-12-11-8-5-7(8)10/h1-4,12H,5H2. The van der Waals surface area contributed by atoms with Gasteiger partial charge in [0, 0.05) is 6.42 Å². The third-order valence-corrected chi connectivity index (χ3v) is 2.51. The molecule has 1 aromatic heterocycles. The van der Waals surface area contributed by atoms with Crippen LogP contribution < -0.4 is 0 Å². The van der Waals surface area contributed by atoms with Gasteiger partial charge in [-0.25, -0.2) is 0 Å². The van der Waals surface area contributed by atoms with E-state index in [9.17, 15) is 10.1 Å². The molecule has 1 aliphatic rings. The van der Waals surface area contributed by atoms with E-state index in [4.69, 9.17) is 4.52 Å². The Labute approximate surface area is 89.3 Å². The van der Waals surface area contributed by atoms with E-state index in [2.05, 4.69) is 10.4 Å². The number of aromatic nitrogens is 2. The van der Waals surface area contributed by atoms with Crippen LogP contribution in [0.1, 0.15) is 11.3 Å². The normalized spacial score (nSPS) is 12.0. The van der Waals surface area contributed by atoms with Gasteiger partial charge in [0.15, 0.2) is 5.58 Å². The number of hydrogen-bond acceptors (Lipinski definition) is 4. The molecular weight excluding hydrogens is 210 g/mol. The molecule has 6 heteroatoms. The van der Waals surface area contributed by atoms with Gasteiger partial charge < -0.3 is 4.52 Å². The lowest BCUT2D eigenvalue weighted by molar-refractivity contribution is -0.383. The highest BCUT2D eigenvalue weighted by atomic mass is 16.6. The van der Waals surface area contributed by atoms with E-state index in [-0.39, 0.29) is 10.6 Å². The lowest BCUT2D eigenvalue weighted by Gasteiger charge is -1.94. The van der Waals surface area contributed by atoms with Crippen molar-refractivity contribution >= 4 is 16.7 Å². The van der Waals surface area contributed by atoms with Crippen LogP contribution >= 0.6 is 0 Å². The molecule has 2 aromatic rings. The molecule has 0 saturated heterocycles. The molecule has 0 spiro atoms. The Morgan fingerprint density at radius 3 is 3.06 bits per heavy atom. The number of fused-ring (bicyclic) bond motifs is 2. The second-order valence-electron chi connectivity index (χ2n) is 3.51. The minimum Gasteiger partial charge on any atom is -0.364 e. The molecule has 16 heavy (non-hydrogen) atoms. The highest BCUT2D eigenvalue weighted by Crippen LogP contribution is 2.37. The minimum atomic E-state index is -0.384. The summed E-state index contributed by atoms with van der Waals surface area (Å²) in [6, 6.07) is 6.83. The van der Waals surface area contributed by atoms with Crippen LogP contribution in [0, 0.1) is 10.1 Å². The maximum atomic E-state index is 11.0. The summed E-state index contributed by atoms with van der Waals surface area (Å²) in [6.45, 7) is 0. The second-order valence-corrected chi connectivity index (χ2v) is 3.51. The number of aromatic amines is 1. The summed E-state index contributed by atoms with van der Waals surface area (Å²) in [6.07, 6.45) is 0.543. The van der Waals surface area contributed by atoms with Crippen LogP contribution in [0.3, 0.4) is 0 Å². The van der Waals surface area contributed by atoms with Crippen LogP contribution in [0.15, 0.2) is 28.8 Å². The minimum absolute atomic E-state index is 0.0934. The van der Waals surface area contributed by atoms with E-state index >= 15 is 0 Å². The van der Waals surface area contributed by atoms with E-state index in [1.165, 1.54) is 0 Å². The van der Waals surface area contributed by atoms with Crippen molar-refractivity contribution in [2.24, 2.45) is 0 Å². The van der Waals surface area contributed by atoms with Gasteiger partial charge in [-0.1, -0.05) is 12.1 Å². The topological polar surface area (TPSA) is 85.0 Å². The molecular formula is C10H7N3O3. The van der Waals surface area contributed by atoms with Gasteiger partial charge >= 0.3 is 0 Å².